The zero-order chi connectivity index (χ0) is 17.9. The van der Waals surface area contributed by atoms with Gasteiger partial charge in [-0.1, -0.05) is 41.9 Å². The third-order valence-corrected chi connectivity index (χ3v) is 4.62. The molecule has 2 aromatic carbocycles. The van der Waals surface area contributed by atoms with Crippen molar-refractivity contribution in [3.8, 4) is 5.75 Å². The molecule has 1 amide bonds. The van der Waals surface area contributed by atoms with Gasteiger partial charge < -0.3 is 15.0 Å². The Bertz CT molecular complexity index is 716. The molecule has 0 saturated carbocycles. The molecule has 1 unspecified atom stereocenters. The van der Waals surface area contributed by atoms with E-state index < -0.39 is 5.60 Å². The molecule has 0 spiro atoms. The van der Waals surface area contributed by atoms with Crippen molar-refractivity contribution in [2.24, 2.45) is 0 Å². The van der Waals surface area contributed by atoms with E-state index in [0.29, 0.717) is 23.9 Å². The molecular formula is C20H23ClN2O2. The van der Waals surface area contributed by atoms with Gasteiger partial charge in [0.05, 0.1) is 0 Å². The second-order valence-corrected chi connectivity index (χ2v) is 7.17. The molecule has 132 valence electrons. The van der Waals surface area contributed by atoms with Crippen molar-refractivity contribution in [1.82, 2.24) is 10.2 Å². The van der Waals surface area contributed by atoms with Gasteiger partial charge in [-0.25, -0.2) is 0 Å². The Morgan fingerprint density at radius 3 is 2.52 bits per heavy atom. The van der Waals surface area contributed by atoms with Gasteiger partial charge >= 0.3 is 0 Å². The molecule has 0 aromatic heterocycles. The van der Waals surface area contributed by atoms with Gasteiger partial charge in [-0.2, -0.15) is 0 Å². The van der Waals surface area contributed by atoms with E-state index in [1.54, 1.807) is 24.3 Å². The molecule has 1 aliphatic heterocycles. The summed E-state index contributed by atoms with van der Waals surface area (Å²) in [5, 5.41) is 4.12. The molecule has 2 aromatic rings. The number of carbonyl (C=O) groups excluding carboxylic acids is 1. The van der Waals surface area contributed by atoms with E-state index in [1.165, 1.54) is 5.56 Å². The Balaban J connectivity index is 1.69. The number of hydrogen-bond donors (Lipinski definition) is 1. The number of nitrogens with one attached hydrogen (secondary N) is 1. The maximum absolute atomic E-state index is 13.0. The highest BCUT2D eigenvalue weighted by Gasteiger charge is 2.36. The van der Waals surface area contributed by atoms with Gasteiger partial charge in [-0.3, -0.25) is 4.79 Å². The smallest absolute Gasteiger partial charge is 0.266 e. The zero-order valence-corrected chi connectivity index (χ0v) is 15.3. The highest BCUT2D eigenvalue weighted by Crippen LogP contribution is 2.24. The summed E-state index contributed by atoms with van der Waals surface area (Å²) in [6.45, 7) is 5.70. The van der Waals surface area contributed by atoms with Crippen LogP contribution in [0.3, 0.4) is 0 Å². The van der Waals surface area contributed by atoms with Crippen LogP contribution in [0.1, 0.15) is 25.5 Å². The van der Waals surface area contributed by atoms with Crippen LogP contribution in [-0.2, 0) is 4.79 Å². The Kier molecular flexibility index (Phi) is 5.30. The van der Waals surface area contributed by atoms with Crippen LogP contribution in [0.4, 0.5) is 0 Å². The van der Waals surface area contributed by atoms with Gasteiger partial charge in [0.2, 0.25) is 0 Å². The number of rotatable bonds is 4. The molecule has 4 nitrogen and oxygen atoms in total. The minimum absolute atomic E-state index is 0.00937. The van der Waals surface area contributed by atoms with Gasteiger partial charge in [0, 0.05) is 30.7 Å². The van der Waals surface area contributed by atoms with Crippen LogP contribution in [0.15, 0.2) is 54.6 Å². The minimum atomic E-state index is -0.938. The molecule has 1 N–H and O–H groups in total. The van der Waals surface area contributed by atoms with E-state index >= 15 is 0 Å². The van der Waals surface area contributed by atoms with E-state index in [1.807, 2.05) is 36.9 Å². The third kappa shape index (κ3) is 4.33. The topological polar surface area (TPSA) is 41.6 Å². The molecule has 1 saturated heterocycles. The summed E-state index contributed by atoms with van der Waals surface area (Å²) in [6.07, 6.45) is 0. The average molecular weight is 359 g/mol. The number of hydrogen-bond acceptors (Lipinski definition) is 3. The molecule has 1 fully saturated rings. The van der Waals surface area contributed by atoms with Crippen LogP contribution in [0.5, 0.6) is 5.75 Å². The predicted molar refractivity (Wildman–Crippen MR) is 99.9 cm³/mol. The minimum Gasteiger partial charge on any atom is -0.478 e. The first-order chi connectivity index (χ1) is 12.0. The summed E-state index contributed by atoms with van der Waals surface area (Å²) < 4.78 is 5.94. The molecular weight excluding hydrogens is 336 g/mol. The van der Waals surface area contributed by atoms with Crippen molar-refractivity contribution >= 4 is 17.5 Å². The Morgan fingerprint density at radius 2 is 1.84 bits per heavy atom. The lowest BCUT2D eigenvalue weighted by molar-refractivity contribution is -0.146. The maximum atomic E-state index is 13.0. The Morgan fingerprint density at radius 1 is 1.16 bits per heavy atom. The number of amides is 1. The molecule has 1 aliphatic rings. The van der Waals surface area contributed by atoms with E-state index in [0.717, 1.165) is 6.54 Å². The first-order valence-electron chi connectivity index (χ1n) is 8.48. The van der Waals surface area contributed by atoms with Gasteiger partial charge in [-0.05, 0) is 43.7 Å². The predicted octanol–water partition coefficient (Wildman–Crippen LogP) is 3.67. The molecule has 0 bridgehead atoms. The molecule has 1 heterocycles. The standard InChI is InChI=1S/C20H23ClN2O2/c1-20(2,25-17-10-8-16(21)9-11-17)19(24)23-13-12-22-18(14-23)15-6-4-3-5-7-15/h3-11,18,22H,12-14H2,1-2H3. The lowest BCUT2D eigenvalue weighted by atomic mass is 10.0. The SMILES string of the molecule is CC(C)(Oc1ccc(Cl)cc1)C(=O)N1CCNC(c2ccccc2)C1. The van der Waals surface area contributed by atoms with Crippen molar-refractivity contribution in [2.75, 3.05) is 19.6 Å². The monoisotopic (exact) mass is 358 g/mol. The number of carbonyl (C=O) groups is 1. The first kappa shape index (κ1) is 17.8. The third-order valence-electron chi connectivity index (χ3n) is 4.37. The Hall–Kier alpha value is -2.04. The van der Waals surface area contributed by atoms with Crippen LogP contribution in [-0.4, -0.2) is 36.0 Å². The van der Waals surface area contributed by atoms with Crippen LogP contribution >= 0.6 is 11.6 Å². The van der Waals surface area contributed by atoms with Crippen LogP contribution in [0.25, 0.3) is 0 Å². The number of ether oxygens (including phenoxy) is 1. The average Bonchev–Trinajstić information content (AvgIpc) is 2.64. The van der Waals surface area contributed by atoms with E-state index in [2.05, 4.69) is 17.4 Å². The summed E-state index contributed by atoms with van der Waals surface area (Å²) in [5.74, 6) is 0.627. The van der Waals surface area contributed by atoms with Crippen molar-refractivity contribution in [2.45, 2.75) is 25.5 Å². The summed E-state index contributed by atoms with van der Waals surface area (Å²) in [7, 11) is 0. The van der Waals surface area contributed by atoms with Crippen LogP contribution in [0, 0.1) is 0 Å². The number of nitrogens with zero attached hydrogens (tertiary/aromatic N) is 1. The largest absolute Gasteiger partial charge is 0.478 e. The lowest BCUT2D eigenvalue weighted by Crippen LogP contribution is -2.55. The molecule has 0 radical (unpaired) electrons. The maximum Gasteiger partial charge on any atom is 0.266 e. The number of halogens is 1. The summed E-state index contributed by atoms with van der Waals surface area (Å²) in [6, 6.07) is 17.4. The second-order valence-electron chi connectivity index (χ2n) is 6.73. The van der Waals surface area contributed by atoms with E-state index in [9.17, 15) is 4.79 Å². The van der Waals surface area contributed by atoms with Crippen molar-refractivity contribution < 1.29 is 9.53 Å². The fourth-order valence-electron chi connectivity index (χ4n) is 3.06. The molecule has 25 heavy (non-hydrogen) atoms. The van der Waals surface area contributed by atoms with Gasteiger partial charge in [-0.15, -0.1) is 0 Å². The fraction of sp³-hybridized carbons (Fsp3) is 0.350. The van der Waals surface area contributed by atoms with Gasteiger partial charge in [0.1, 0.15) is 5.75 Å². The van der Waals surface area contributed by atoms with Crippen molar-refractivity contribution in [3.63, 3.8) is 0 Å². The summed E-state index contributed by atoms with van der Waals surface area (Å²) in [4.78, 5) is 14.9. The normalized spacial score (nSPS) is 18.0. The molecule has 0 aliphatic carbocycles. The highest BCUT2D eigenvalue weighted by molar-refractivity contribution is 6.30. The fourth-order valence-corrected chi connectivity index (χ4v) is 3.19. The van der Waals surface area contributed by atoms with Gasteiger partial charge in [0.25, 0.3) is 5.91 Å². The quantitative estimate of drug-likeness (QED) is 0.906. The van der Waals surface area contributed by atoms with Crippen molar-refractivity contribution in [1.29, 1.82) is 0 Å². The number of benzene rings is 2. The van der Waals surface area contributed by atoms with E-state index in [-0.39, 0.29) is 11.9 Å². The Labute approximate surface area is 153 Å². The summed E-state index contributed by atoms with van der Waals surface area (Å²) in [5.41, 5.74) is 0.253. The van der Waals surface area contributed by atoms with Crippen molar-refractivity contribution in [3.05, 3.63) is 65.2 Å². The van der Waals surface area contributed by atoms with E-state index in [4.69, 9.17) is 16.3 Å². The molecule has 3 rings (SSSR count). The molecule has 5 heteroatoms. The van der Waals surface area contributed by atoms with Gasteiger partial charge in [0.15, 0.2) is 5.60 Å². The molecule has 1 atom stereocenters. The second kappa shape index (κ2) is 7.46. The summed E-state index contributed by atoms with van der Waals surface area (Å²) >= 11 is 5.90. The first-order valence-corrected chi connectivity index (χ1v) is 8.86. The highest BCUT2D eigenvalue weighted by atomic mass is 35.5. The van der Waals surface area contributed by atoms with Crippen LogP contribution < -0.4 is 10.1 Å². The lowest BCUT2D eigenvalue weighted by Gasteiger charge is -2.38. The van der Waals surface area contributed by atoms with Crippen LogP contribution in [0.2, 0.25) is 5.02 Å². The zero-order valence-electron chi connectivity index (χ0n) is 14.5. The number of piperazine rings is 1.